The van der Waals surface area contributed by atoms with E-state index in [0.29, 0.717) is 32.7 Å². The molecule has 0 aliphatic rings. The van der Waals surface area contributed by atoms with Crippen LogP contribution < -0.4 is 10.6 Å². The third-order valence-electron chi connectivity index (χ3n) is 2.28. The lowest BCUT2D eigenvalue weighted by atomic mass is 10.2. The molecule has 94 valence electrons. The predicted octanol–water partition coefficient (Wildman–Crippen LogP) is 0.929. The van der Waals surface area contributed by atoms with Crippen LogP contribution in [0.15, 0.2) is 30.3 Å². The molecule has 0 unspecified atom stereocenters. The van der Waals surface area contributed by atoms with Crippen LogP contribution in [0.2, 0.25) is 0 Å². The highest BCUT2D eigenvalue weighted by atomic mass is 16.5. The number of rotatable bonds is 8. The van der Waals surface area contributed by atoms with Crippen molar-refractivity contribution >= 4 is 5.91 Å². The smallest absolute Gasteiger partial charge is 0.221 e. The lowest BCUT2D eigenvalue weighted by Gasteiger charge is -2.06. The molecular weight excluding hydrogens is 216 g/mol. The monoisotopic (exact) mass is 236 g/mol. The maximum atomic E-state index is 11.2. The molecule has 1 aromatic carbocycles. The molecule has 0 radical (unpaired) electrons. The van der Waals surface area contributed by atoms with Crippen molar-refractivity contribution in [1.29, 1.82) is 0 Å². The zero-order valence-electron chi connectivity index (χ0n) is 10.2. The molecule has 0 aromatic heterocycles. The van der Waals surface area contributed by atoms with Crippen molar-refractivity contribution in [1.82, 2.24) is 10.6 Å². The minimum atomic E-state index is 0.0580. The van der Waals surface area contributed by atoms with E-state index in [-0.39, 0.29) is 5.91 Å². The SMILES string of the molecule is CNCCC(=O)NCCOCc1ccccc1. The van der Waals surface area contributed by atoms with Crippen LogP contribution in [0, 0.1) is 0 Å². The van der Waals surface area contributed by atoms with Gasteiger partial charge in [-0.2, -0.15) is 0 Å². The van der Waals surface area contributed by atoms with E-state index >= 15 is 0 Å². The van der Waals surface area contributed by atoms with Crippen LogP contribution in [0.4, 0.5) is 0 Å². The lowest BCUT2D eigenvalue weighted by molar-refractivity contribution is -0.121. The van der Waals surface area contributed by atoms with Crippen LogP contribution >= 0.6 is 0 Å². The molecule has 4 heteroatoms. The second-order valence-electron chi connectivity index (χ2n) is 3.74. The highest BCUT2D eigenvalue weighted by Gasteiger charge is 1.98. The van der Waals surface area contributed by atoms with E-state index in [4.69, 9.17) is 4.74 Å². The number of ether oxygens (including phenoxy) is 1. The normalized spacial score (nSPS) is 10.2. The van der Waals surface area contributed by atoms with E-state index in [1.165, 1.54) is 0 Å². The third-order valence-corrected chi connectivity index (χ3v) is 2.28. The van der Waals surface area contributed by atoms with E-state index in [0.717, 1.165) is 5.56 Å². The van der Waals surface area contributed by atoms with Gasteiger partial charge in [0.1, 0.15) is 0 Å². The van der Waals surface area contributed by atoms with Gasteiger partial charge in [-0.3, -0.25) is 4.79 Å². The van der Waals surface area contributed by atoms with Crippen LogP contribution in [0.25, 0.3) is 0 Å². The third kappa shape index (κ3) is 6.71. The Hall–Kier alpha value is -1.39. The van der Waals surface area contributed by atoms with E-state index in [9.17, 15) is 4.79 Å². The highest BCUT2D eigenvalue weighted by molar-refractivity contribution is 5.75. The standard InChI is InChI=1S/C13H20N2O2/c1-14-8-7-13(16)15-9-10-17-11-12-5-3-2-4-6-12/h2-6,14H,7-11H2,1H3,(H,15,16). The lowest BCUT2D eigenvalue weighted by Crippen LogP contribution is -2.29. The molecule has 0 aliphatic heterocycles. The fraction of sp³-hybridized carbons (Fsp3) is 0.462. The van der Waals surface area contributed by atoms with Crippen molar-refractivity contribution in [2.75, 3.05) is 26.7 Å². The molecule has 0 spiro atoms. The Balaban J connectivity index is 1.99. The Bertz CT molecular complexity index is 314. The molecule has 0 aliphatic carbocycles. The van der Waals surface area contributed by atoms with Gasteiger partial charge in [-0.05, 0) is 12.6 Å². The number of nitrogens with one attached hydrogen (secondary N) is 2. The predicted molar refractivity (Wildman–Crippen MR) is 67.7 cm³/mol. The van der Waals surface area contributed by atoms with Crippen molar-refractivity contribution < 1.29 is 9.53 Å². The maximum absolute atomic E-state index is 11.2. The minimum absolute atomic E-state index is 0.0580. The summed E-state index contributed by atoms with van der Waals surface area (Å²) in [5.41, 5.74) is 1.15. The number of amides is 1. The van der Waals surface area contributed by atoms with Crippen molar-refractivity contribution in [3.8, 4) is 0 Å². The fourth-order valence-electron chi connectivity index (χ4n) is 1.35. The molecule has 0 atom stereocenters. The largest absolute Gasteiger partial charge is 0.375 e. The number of carbonyl (C=O) groups excluding carboxylic acids is 1. The zero-order chi connectivity index (χ0) is 12.3. The van der Waals surface area contributed by atoms with Crippen LogP contribution in [-0.2, 0) is 16.1 Å². The van der Waals surface area contributed by atoms with E-state index in [1.54, 1.807) is 0 Å². The first-order valence-corrected chi connectivity index (χ1v) is 5.86. The number of benzene rings is 1. The molecule has 17 heavy (non-hydrogen) atoms. The van der Waals surface area contributed by atoms with Gasteiger partial charge in [-0.15, -0.1) is 0 Å². The van der Waals surface area contributed by atoms with Gasteiger partial charge in [0.05, 0.1) is 13.2 Å². The van der Waals surface area contributed by atoms with Crippen LogP contribution in [0.1, 0.15) is 12.0 Å². The molecule has 0 saturated heterocycles. The Kier molecular flexibility index (Phi) is 7.02. The van der Waals surface area contributed by atoms with Gasteiger partial charge in [0.2, 0.25) is 5.91 Å². The quantitative estimate of drug-likeness (QED) is 0.660. The molecule has 1 amide bonds. The fourth-order valence-corrected chi connectivity index (χ4v) is 1.35. The summed E-state index contributed by atoms with van der Waals surface area (Å²) in [6, 6.07) is 9.99. The summed E-state index contributed by atoms with van der Waals surface area (Å²) in [6.07, 6.45) is 0.509. The molecule has 1 aromatic rings. The molecule has 0 heterocycles. The summed E-state index contributed by atoms with van der Waals surface area (Å²) in [7, 11) is 1.83. The van der Waals surface area contributed by atoms with Gasteiger partial charge in [-0.25, -0.2) is 0 Å². The average molecular weight is 236 g/mol. The Morgan fingerprint density at radius 1 is 1.24 bits per heavy atom. The molecule has 2 N–H and O–H groups in total. The van der Waals surface area contributed by atoms with E-state index < -0.39 is 0 Å². The van der Waals surface area contributed by atoms with Gasteiger partial charge in [0.25, 0.3) is 0 Å². The average Bonchev–Trinajstić information content (AvgIpc) is 2.37. The number of hydrogen-bond donors (Lipinski definition) is 2. The van der Waals surface area contributed by atoms with Crippen LogP contribution in [0.3, 0.4) is 0 Å². The summed E-state index contributed by atoms with van der Waals surface area (Å²) in [4.78, 5) is 11.2. The maximum Gasteiger partial charge on any atom is 0.221 e. The molecule has 1 rings (SSSR count). The Morgan fingerprint density at radius 3 is 2.71 bits per heavy atom. The molecule has 0 bridgehead atoms. The summed E-state index contributed by atoms with van der Waals surface area (Å²) in [5.74, 6) is 0.0580. The Morgan fingerprint density at radius 2 is 2.00 bits per heavy atom. The van der Waals surface area contributed by atoms with Crippen LogP contribution in [-0.4, -0.2) is 32.7 Å². The van der Waals surface area contributed by atoms with Gasteiger partial charge in [0.15, 0.2) is 0 Å². The first-order chi connectivity index (χ1) is 8.33. The molecule has 0 saturated carbocycles. The topological polar surface area (TPSA) is 50.4 Å². The summed E-state index contributed by atoms with van der Waals surface area (Å²) >= 11 is 0. The first-order valence-electron chi connectivity index (χ1n) is 5.86. The minimum Gasteiger partial charge on any atom is -0.375 e. The number of hydrogen-bond acceptors (Lipinski definition) is 3. The number of carbonyl (C=O) groups is 1. The zero-order valence-corrected chi connectivity index (χ0v) is 10.2. The second-order valence-corrected chi connectivity index (χ2v) is 3.74. The van der Waals surface area contributed by atoms with Crippen molar-refractivity contribution in [2.45, 2.75) is 13.0 Å². The Labute approximate surface area is 102 Å². The van der Waals surface area contributed by atoms with Crippen LogP contribution in [0.5, 0.6) is 0 Å². The molecule has 0 fully saturated rings. The van der Waals surface area contributed by atoms with Crippen molar-refractivity contribution in [3.63, 3.8) is 0 Å². The second kappa shape index (κ2) is 8.73. The van der Waals surface area contributed by atoms with Gasteiger partial charge in [0, 0.05) is 19.5 Å². The van der Waals surface area contributed by atoms with Crippen molar-refractivity contribution in [3.05, 3.63) is 35.9 Å². The first kappa shape index (κ1) is 13.7. The van der Waals surface area contributed by atoms with Gasteiger partial charge < -0.3 is 15.4 Å². The molecular formula is C13H20N2O2. The molecule has 4 nitrogen and oxygen atoms in total. The van der Waals surface area contributed by atoms with Gasteiger partial charge in [-0.1, -0.05) is 30.3 Å². The summed E-state index contributed by atoms with van der Waals surface area (Å²) < 4.78 is 5.44. The summed E-state index contributed by atoms with van der Waals surface area (Å²) in [5, 5.41) is 5.73. The van der Waals surface area contributed by atoms with E-state index in [1.807, 2.05) is 37.4 Å². The van der Waals surface area contributed by atoms with E-state index in [2.05, 4.69) is 10.6 Å². The van der Waals surface area contributed by atoms with Gasteiger partial charge >= 0.3 is 0 Å². The van der Waals surface area contributed by atoms with Crippen molar-refractivity contribution in [2.24, 2.45) is 0 Å². The summed E-state index contributed by atoms with van der Waals surface area (Å²) in [6.45, 7) is 2.40. The highest BCUT2D eigenvalue weighted by Crippen LogP contribution is 1.99.